The first kappa shape index (κ1) is 19.0. The predicted octanol–water partition coefficient (Wildman–Crippen LogP) is 3.80. The van der Waals surface area contributed by atoms with E-state index in [4.69, 9.17) is 4.74 Å². The summed E-state index contributed by atoms with van der Waals surface area (Å²) in [5, 5.41) is 0.540. The monoisotopic (exact) mass is 402 g/mol. The number of ether oxygens (including phenoxy) is 1. The minimum Gasteiger partial charge on any atom is -0.490 e. The van der Waals surface area contributed by atoms with E-state index in [1.165, 1.54) is 28.4 Å². The zero-order valence-corrected chi connectivity index (χ0v) is 16.7. The van der Waals surface area contributed by atoms with Gasteiger partial charge in [0, 0.05) is 30.7 Å². The molecule has 1 fully saturated rings. The van der Waals surface area contributed by atoms with Crippen LogP contribution in [0.2, 0.25) is 0 Å². The van der Waals surface area contributed by atoms with E-state index in [-0.39, 0.29) is 11.0 Å². The van der Waals surface area contributed by atoms with Crippen molar-refractivity contribution >= 4 is 20.9 Å². The van der Waals surface area contributed by atoms with E-state index in [0.29, 0.717) is 16.7 Å². The fourth-order valence-electron chi connectivity index (χ4n) is 3.56. The molecule has 5 nitrogen and oxygen atoms in total. The number of aryl methyl sites for hydroxylation is 1. The Morgan fingerprint density at radius 2 is 1.82 bits per heavy atom. The molecule has 0 radical (unpaired) electrons. The number of likely N-dealkylation sites (tertiary alicyclic amines) is 1. The third-order valence-corrected chi connectivity index (χ3v) is 6.98. The van der Waals surface area contributed by atoms with Gasteiger partial charge in [-0.05, 0) is 62.7 Å². The maximum absolute atomic E-state index is 13.4. The topological polar surface area (TPSA) is 51.5 Å². The summed E-state index contributed by atoms with van der Waals surface area (Å²) >= 11 is 0. The summed E-state index contributed by atoms with van der Waals surface area (Å²) in [6, 6.07) is 10.6. The van der Waals surface area contributed by atoms with Crippen LogP contribution in [0.25, 0.3) is 10.9 Å². The molecular weight excluding hydrogens is 379 g/mol. The minimum atomic E-state index is -3.82. The van der Waals surface area contributed by atoms with Gasteiger partial charge in [0.25, 0.3) is 10.0 Å². The summed E-state index contributed by atoms with van der Waals surface area (Å²) in [5.74, 6) is 0.199. The standard InChI is InChI=1S/C21H23FN2O3S/c1-15-3-5-19(14-21(15)27-18-8-10-23(2)11-9-18)28(25,26)24-12-7-16-13-17(22)4-6-20(16)24/h3-7,12-14,18H,8-11H2,1-2H3. The van der Waals surface area contributed by atoms with Gasteiger partial charge in [-0.1, -0.05) is 6.07 Å². The molecule has 1 saturated heterocycles. The van der Waals surface area contributed by atoms with E-state index in [0.717, 1.165) is 31.5 Å². The Balaban J connectivity index is 1.68. The molecule has 0 unspecified atom stereocenters. The van der Waals surface area contributed by atoms with Gasteiger partial charge in [-0.2, -0.15) is 0 Å². The van der Waals surface area contributed by atoms with Crippen LogP contribution >= 0.6 is 0 Å². The Hall–Kier alpha value is -2.38. The number of fused-ring (bicyclic) bond motifs is 1. The molecule has 1 aromatic heterocycles. The Morgan fingerprint density at radius 1 is 1.07 bits per heavy atom. The lowest BCUT2D eigenvalue weighted by Gasteiger charge is -2.29. The normalized spacial score (nSPS) is 16.5. The van der Waals surface area contributed by atoms with Gasteiger partial charge >= 0.3 is 0 Å². The van der Waals surface area contributed by atoms with Crippen molar-refractivity contribution in [3.05, 3.63) is 60.0 Å². The van der Waals surface area contributed by atoms with Crippen molar-refractivity contribution in [3.63, 3.8) is 0 Å². The van der Waals surface area contributed by atoms with E-state index < -0.39 is 15.8 Å². The maximum atomic E-state index is 13.4. The largest absolute Gasteiger partial charge is 0.490 e. The molecule has 0 spiro atoms. The highest BCUT2D eigenvalue weighted by atomic mass is 32.2. The molecule has 0 atom stereocenters. The van der Waals surface area contributed by atoms with Crippen LogP contribution in [0.4, 0.5) is 4.39 Å². The molecule has 0 amide bonds. The van der Waals surface area contributed by atoms with Crippen molar-refractivity contribution in [1.29, 1.82) is 0 Å². The SMILES string of the molecule is Cc1ccc(S(=O)(=O)n2ccc3cc(F)ccc32)cc1OC1CCN(C)CC1. The number of piperidine rings is 1. The third kappa shape index (κ3) is 3.52. The molecule has 3 aromatic rings. The van der Waals surface area contributed by atoms with Gasteiger partial charge in [0.15, 0.2) is 0 Å². The fraction of sp³-hybridized carbons (Fsp3) is 0.333. The number of hydrogen-bond acceptors (Lipinski definition) is 4. The molecule has 7 heteroatoms. The molecule has 0 saturated carbocycles. The van der Waals surface area contributed by atoms with Crippen molar-refractivity contribution in [2.24, 2.45) is 0 Å². The lowest BCUT2D eigenvalue weighted by Crippen LogP contribution is -2.35. The van der Waals surface area contributed by atoms with Gasteiger partial charge in [0.2, 0.25) is 0 Å². The number of rotatable bonds is 4. The summed E-state index contributed by atoms with van der Waals surface area (Å²) < 4.78 is 47.2. The van der Waals surface area contributed by atoms with Crippen LogP contribution in [0.3, 0.4) is 0 Å². The summed E-state index contributed by atoms with van der Waals surface area (Å²) in [6.45, 7) is 3.84. The second-order valence-corrected chi connectivity index (χ2v) is 9.18. The molecule has 2 aromatic carbocycles. The Kier molecular flexibility index (Phi) is 4.89. The van der Waals surface area contributed by atoms with Crippen LogP contribution in [0.1, 0.15) is 18.4 Å². The second kappa shape index (κ2) is 7.22. The quantitative estimate of drug-likeness (QED) is 0.666. The zero-order valence-electron chi connectivity index (χ0n) is 15.9. The molecule has 0 aliphatic carbocycles. The van der Waals surface area contributed by atoms with Crippen molar-refractivity contribution < 1.29 is 17.5 Å². The van der Waals surface area contributed by atoms with Crippen molar-refractivity contribution in [1.82, 2.24) is 8.87 Å². The molecule has 1 aliphatic rings. The molecule has 0 N–H and O–H groups in total. The van der Waals surface area contributed by atoms with E-state index in [2.05, 4.69) is 11.9 Å². The average Bonchev–Trinajstić information content (AvgIpc) is 3.09. The first-order valence-corrected chi connectivity index (χ1v) is 10.8. The van der Waals surface area contributed by atoms with Crippen molar-refractivity contribution in [3.8, 4) is 5.75 Å². The van der Waals surface area contributed by atoms with Crippen LogP contribution in [0.5, 0.6) is 5.75 Å². The average molecular weight is 402 g/mol. The van der Waals surface area contributed by atoms with E-state index in [1.807, 2.05) is 6.92 Å². The summed E-state index contributed by atoms with van der Waals surface area (Å²) in [7, 11) is -1.73. The molecule has 4 rings (SSSR count). The molecule has 28 heavy (non-hydrogen) atoms. The number of halogens is 1. The van der Waals surface area contributed by atoms with Crippen LogP contribution in [-0.4, -0.2) is 43.5 Å². The first-order chi connectivity index (χ1) is 13.3. The first-order valence-electron chi connectivity index (χ1n) is 9.32. The van der Waals surface area contributed by atoms with Gasteiger partial charge in [0.05, 0.1) is 10.4 Å². The molecule has 148 valence electrons. The molecule has 1 aliphatic heterocycles. The van der Waals surface area contributed by atoms with Gasteiger partial charge in [-0.15, -0.1) is 0 Å². The lowest BCUT2D eigenvalue weighted by atomic mass is 10.1. The highest BCUT2D eigenvalue weighted by Gasteiger charge is 2.23. The molecule has 0 bridgehead atoms. The van der Waals surface area contributed by atoms with E-state index in [1.54, 1.807) is 24.3 Å². The Labute approximate surface area is 164 Å². The van der Waals surface area contributed by atoms with Crippen LogP contribution in [-0.2, 0) is 10.0 Å². The highest BCUT2D eigenvalue weighted by Crippen LogP contribution is 2.29. The fourth-order valence-corrected chi connectivity index (χ4v) is 4.93. The Bertz CT molecular complexity index is 1120. The van der Waals surface area contributed by atoms with Gasteiger partial charge in [-0.3, -0.25) is 0 Å². The van der Waals surface area contributed by atoms with Gasteiger partial charge in [0.1, 0.15) is 17.7 Å². The van der Waals surface area contributed by atoms with Gasteiger partial charge < -0.3 is 9.64 Å². The van der Waals surface area contributed by atoms with Crippen molar-refractivity contribution in [2.75, 3.05) is 20.1 Å². The van der Waals surface area contributed by atoms with E-state index >= 15 is 0 Å². The van der Waals surface area contributed by atoms with E-state index in [9.17, 15) is 12.8 Å². The molecule has 2 heterocycles. The van der Waals surface area contributed by atoms with Crippen LogP contribution in [0, 0.1) is 12.7 Å². The lowest BCUT2D eigenvalue weighted by molar-refractivity contribution is 0.113. The number of hydrogen-bond donors (Lipinski definition) is 0. The number of benzene rings is 2. The minimum absolute atomic E-state index is 0.0863. The third-order valence-electron chi connectivity index (χ3n) is 5.29. The van der Waals surface area contributed by atoms with Crippen molar-refractivity contribution in [2.45, 2.75) is 30.8 Å². The predicted molar refractivity (Wildman–Crippen MR) is 107 cm³/mol. The highest BCUT2D eigenvalue weighted by molar-refractivity contribution is 7.90. The maximum Gasteiger partial charge on any atom is 0.268 e. The Morgan fingerprint density at radius 3 is 2.57 bits per heavy atom. The molecular formula is C21H23FN2O3S. The zero-order chi connectivity index (χ0) is 19.9. The van der Waals surface area contributed by atoms with Crippen LogP contribution in [0.15, 0.2) is 53.6 Å². The van der Waals surface area contributed by atoms with Crippen LogP contribution < -0.4 is 4.74 Å². The number of nitrogens with zero attached hydrogens (tertiary/aromatic N) is 2. The summed E-state index contributed by atoms with van der Waals surface area (Å²) in [4.78, 5) is 2.41. The summed E-state index contributed by atoms with van der Waals surface area (Å²) in [5.41, 5.74) is 1.34. The smallest absolute Gasteiger partial charge is 0.268 e. The summed E-state index contributed by atoms with van der Waals surface area (Å²) in [6.07, 6.45) is 3.38. The van der Waals surface area contributed by atoms with Gasteiger partial charge in [-0.25, -0.2) is 16.8 Å². The number of aromatic nitrogens is 1. The second-order valence-electron chi connectivity index (χ2n) is 7.37.